The van der Waals surface area contributed by atoms with E-state index in [1.165, 1.54) is 42.9 Å². The van der Waals surface area contributed by atoms with Gasteiger partial charge in [0.25, 0.3) is 0 Å². The van der Waals surface area contributed by atoms with Gasteiger partial charge in [-0.15, -0.1) is 0 Å². The van der Waals surface area contributed by atoms with Crippen LogP contribution >= 0.6 is 0 Å². The zero-order chi connectivity index (χ0) is 91.8. The van der Waals surface area contributed by atoms with Crippen LogP contribution in [0.1, 0.15) is 13.7 Å². The van der Waals surface area contributed by atoms with Crippen LogP contribution < -0.4 is 39.4 Å². The predicted octanol–water partition coefficient (Wildman–Crippen LogP) is 32.6. The zero-order valence-corrected chi connectivity index (χ0v) is 70.8. The third-order valence-electron chi connectivity index (χ3n) is 24.5. The van der Waals surface area contributed by atoms with Gasteiger partial charge in [0.1, 0.15) is 34.2 Å². The molecule has 24 rings (SSSR count). The van der Waals surface area contributed by atoms with E-state index >= 15 is 0 Å². The Bertz CT molecular complexity index is 8650. The molecule has 124 heavy (non-hydrogen) atoms. The highest BCUT2D eigenvalue weighted by molar-refractivity contribution is 6.89. The van der Waals surface area contributed by atoms with E-state index in [0.717, 1.165) is 122 Å². The number of anilines is 12. The first-order chi connectivity index (χ1) is 64.9. The molecule has 592 valence electrons. The summed E-state index contributed by atoms with van der Waals surface area (Å²) < 4.78 is 116. The van der Waals surface area contributed by atoms with Crippen molar-refractivity contribution in [2.75, 3.05) is 19.6 Å². The van der Waals surface area contributed by atoms with E-state index in [-0.39, 0.29) is 35.5 Å². The van der Waals surface area contributed by atoms with Gasteiger partial charge in [-0.3, -0.25) is 0 Å². The Labute approximate surface area is 735 Å². The topological polar surface area (TPSA) is 57.7 Å². The molecular formula is C114H84N4O4Si2. The van der Waals surface area contributed by atoms with Crippen LogP contribution in [0.3, 0.4) is 0 Å². The lowest BCUT2D eigenvalue weighted by Gasteiger charge is -2.30. The number of para-hydroxylation sites is 8. The zero-order valence-electron chi connectivity index (χ0n) is 78.8. The molecule has 0 spiro atoms. The lowest BCUT2D eigenvalue weighted by atomic mass is 9.88. The second-order valence-electron chi connectivity index (χ2n) is 33.9. The fourth-order valence-corrected chi connectivity index (χ4v) is 21.0. The van der Waals surface area contributed by atoms with E-state index < -0.39 is 52.4 Å². The highest BCUT2D eigenvalue weighted by Gasteiger charge is 2.32. The average Bonchev–Trinajstić information content (AvgIpc) is 0.794. The van der Waals surface area contributed by atoms with Crippen molar-refractivity contribution in [3.63, 3.8) is 0 Å². The van der Waals surface area contributed by atoms with Crippen molar-refractivity contribution < 1.29 is 32.0 Å². The van der Waals surface area contributed by atoms with Crippen molar-refractivity contribution in [1.29, 1.82) is 0 Å². The Kier molecular flexibility index (Phi) is 15.1. The summed E-state index contributed by atoms with van der Waals surface area (Å²) in [6.45, 7) is 14.4. The lowest BCUT2D eigenvalue weighted by Crippen LogP contribution is -2.37. The molecule has 0 saturated heterocycles. The highest BCUT2D eigenvalue weighted by atomic mass is 28.3. The summed E-state index contributed by atoms with van der Waals surface area (Å²) in [6.07, 6.45) is 0. The smallest absolute Gasteiger partial charge is 0.159 e. The molecule has 4 heterocycles. The summed E-state index contributed by atoms with van der Waals surface area (Å²) >= 11 is 0. The molecule has 0 bridgehead atoms. The lowest BCUT2D eigenvalue weighted by molar-refractivity contribution is 0.487. The van der Waals surface area contributed by atoms with Gasteiger partial charge >= 0.3 is 0 Å². The average molecular weight is 1640 g/mol. The molecule has 22 aromatic rings. The molecule has 0 N–H and O–H groups in total. The Balaban J connectivity index is 0.000000156. The van der Waals surface area contributed by atoms with Gasteiger partial charge in [-0.2, -0.15) is 0 Å². The van der Waals surface area contributed by atoms with Crippen LogP contribution in [0, 0.1) is 0 Å². The SMILES string of the molecule is C[Si](C)(C)c1ccc(N(c2ccccc2)c2ccc3c(c2)Oc2cccc4c2c-3cc2c3ccccc3c(N(c3ccccc3)c3ccc([Si](C)(C)C)cc3)cc42)cc1.[2H]c1c([2H])c([2H])c(N(c2ccc3c(c2)Oc2cccc4c2c-3cc2c3ccccc3c(N(c3c([2H])c([2H])c([2H])c([2H])c3[2H])c3cccc5c3oc3ccccc35)cc42)c2cccc3c2oc2ccccc23)c([2H])c1[2H]. The first kappa shape index (κ1) is 63.8. The van der Waals surface area contributed by atoms with Gasteiger partial charge in [-0.25, -0.2) is 0 Å². The quantitative estimate of drug-likeness (QED) is 0.0789. The fraction of sp³-hybridized carbons (Fsp3) is 0.0526. The van der Waals surface area contributed by atoms with E-state index in [2.05, 4.69) is 237 Å². The number of fused-ring (bicyclic) bond motifs is 18. The first-order valence-electron chi connectivity index (χ1n) is 46.9. The number of nitrogens with zero attached hydrogens (tertiary/aromatic N) is 4. The summed E-state index contributed by atoms with van der Waals surface area (Å²) in [5.74, 6) is 2.76. The van der Waals surface area contributed by atoms with E-state index in [4.69, 9.17) is 26.5 Å². The second-order valence-corrected chi connectivity index (χ2v) is 44.1. The summed E-state index contributed by atoms with van der Waals surface area (Å²) in [7, 11) is -2.92. The van der Waals surface area contributed by atoms with Gasteiger partial charge in [-0.1, -0.05) is 280 Å². The van der Waals surface area contributed by atoms with Crippen LogP contribution in [0.2, 0.25) is 39.3 Å². The molecule has 0 amide bonds. The molecule has 0 radical (unpaired) electrons. The monoisotopic (exact) mass is 1640 g/mol. The van der Waals surface area contributed by atoms with Crippen LogP contribution in [0.25, 0.3) is 131 Å². The summed E-state index contributed by atoms with van der Waals surface area (Å²) in [5, 5.41) is 18.4. The second kappa shape index (κ2) is 29.3. The van der Waals surface area contributed by atoms with Crippen LogP contribution in [0.15, 0.2) is 409 Å². The number of furan rings is 2. The minimum absolute atomic E-state index is 0.0385. The Morgan fingerprint density at radius 3 is 1.02 bits per heavy atom. The highest BCUT2D eigenvalue weighted by Crippen LogP contribution is 2.57. The largest absolute Gasteiger partial charge is 0.456 e. The summed E-state index contributed by atoms with van der Waals surface area (Å²) in [4.78, 5) is 8.14. The molecule has 0 aliphatic carbocycles. The van der Waals surface area contributed by atoms with Gasteiger partial charge < -0.3 is 37.9 Å². The molecule has 8 nitrogen and oxygen atoms in total. The van der Waals surface area contributed by atoms with Crippen molar-refractivity contribution in [3.8, 4) is 45.3 Å². The third-order valence-corrected chi connectivity index (χ3v) is 28.6. The van der Waals surface area contributed by atoms with E-state index in [9.17, 15) is 5.48 Å². The molecule has 2 aliphatic rings. The maximum Gasteiger partial charge on any atom is 0.159 e. The molecule has 2 aromatic heterocycles. The third kappa shape index (κ3) is 12.4. The van der Waals surface area contributed by atoms with Crippen LogP contribution in [0.4, 0.5) is 68.2 Å². The Hall–Kier alpha value is -15.2. The normalized spacial score (nSPS) is 13.4. The minimum atomic E-state index is -1.47. The van der Waals surface area contributed by atoms with Crippen molar-refractivity contribution in [3.05, 3.63) is 400 Å². The molecule has 0 fully saturated rings. The maximum atomic E-state index is 9.37. The molecule has 0 unspecified atom stereocenters. The number of rotatable bonds is 14. The van der Waals surface area contributed by atoms with Crippen molar-refractivity contribution in [2.24, 2.45) is 0 Å². The molecule has 0 atom stereocenters. The molecule has 0 saturated carbocycles. The number of hydrogen-bond acceptors (Lipinski definition) is 8. The van der Waals surface area contributed by atoms with Crippen molar-refractivity contribution in [1.82, 2.24) is 0 Å². The Morgan fingerprint density at radius 1 is 0.218 bits per heavy atom. The number of ether oxygens (including phenoxy) is 2. The molecule has 10 heteroatoms. The first-order valence-corrected chi connectivity index (χ1v) is 48.9. The minimum Gasteiger partial charge on any atom is -0.456 e. The van der Waals surface area contributed by atoms with E-state index in [1.54, 1.807) is 9.80 Å². The van der Waals surface area contributed by atoms with E-state index in [0.29, 0.717) is 56.6 Å². The number of hydrogen-bond donors (Lipinski definition) is 0. The molecular weight excluding hydrogens is 1550 g/mol. The maximum absolute atomic E-state index is 9.37. The fourth-order valence-electron chi connectivity index (χ4n) is 18.7. The molecule has 20 aromatic carbocycles. The van der Waals surface area contributed by atoms with Crippen LogP contribution in [-0.4, -0.2) is 16.1 Å². The van der Waals surface area contributed by atoms with Gasteiger partial charge in [-0.05, 0) is 212 Å². The van der Waals surface area contributed by atoms with Gasteiger partial charge in [0.2, 0.25) is 0 Å². The van der Waals surface area contributed by atoms with E-state index in [1.807, 2.05) is 152 Å². The van der Waals surface area contributed by atoms with Crippen molar-refractivity contribution in [2.45, 2.75) is 39.3 Å². The van der Waals surface area contributed by atoms with Gasteiger partial charge in [0.05, 0.1) is 58.3 Å². The van der Waals surface area contributed by atoms with Gasteiger partial charge in [0.15, 0.2) is 11.2 Å². The molecule has 2 aliphatic heterocycles. The number of benzene rings is 20. The summed E-state index contributed by atoms with van der Waals surface area (Å²) in [5.41, 5.74) is 14.7. The van der Waals surface area contributed by atoms with Crippen molar-refractivity contribution >= 4 is 203 Å². The predicted molar refractivity (Wildman–Crippen MR) is 528 cm³/mol. The summed E-state index contributed by atoms with van der Waals surface area (Å²) in [6, 6.07) is 112. The van der Waals surface area contributed by atoms with Crippen LogP contribution in [0.5, 0.6) is 23.0 Å². The standard InChI is InChI=1S/C60H36N2O3.C54H48N2OSi2/c1-3-16-37(17-4-1)61(51-27-13-25-46-42-22-9-11-29-54(42)64-59(46)51)39-32-33-44-50-35-48-40-20-7-8-21-41(40)53(36-49(48)45-24-15-31-56(58(45)50)63-57(44)34-39)62(38-18-5-2-6-19-38)52-28-14-26-47-43-23-10-12-30-55(43)65-60(47)52;1-58(2,3)42-29-24-39(25-30-42)55(37-16-9-7-10-17-37)41-28-33-46-50-35-48-44-20-13-14-21-45(44)51(36-49(48)47-22-15-23-52(54(47)50)57-53(46)34-41)56(38-18-11-8-12-19-38)40-26-31-43(32-27-40)59(4,5)6/h1-36H;7-36H,1-6H3/i1D,2D,3D,4D,5D,6D,16D,17D,18D,19D;. The van der Waals surface area contributed by atoms with Crippen LogP contribution in [-0.2, 0) is 0 Å². The Morgan fingerprint density at radius 2 is 0.556 bits per heavy atom. The van der Waals surface area contributed by atoms with Gasteiger partial charge in [0, 0.05) is 106 Å².